The Morgan fingerprint density at radius 1 is 1.18 bits per heavy atom. The highest BCUT2D eigenvalue weighted by atomic mass is 32.1. The molecule has 2 aromatic carbocycles. The van der Waals surface area contributed by atoms with Gasteiger partial charge in [0, 0.05) is 0 Å². The molecule has 0 aliphatic heterocycles. The second-order valence-corrected chi connectivity index (χ2v) is 5.46. The normalized spacial score (nSPS) is 11.6. The van der Waals surface area contributed by atoms with E-state index in [0.717, 1.165) is 10.2 Å². The highest BCUT2D eigenvalue weighted by molar-refractivity contribution is 7.21. The van der Waals surface area contributed by atoms with Crippen LogP contribution < -0.4 is 11.2 Å². The van der Waals surface area contributed by atoms with E-state index in [9.17, 15) is 9.18 Å². The summed E-state index contributed by atoms with van der Waals surface area (Å²) in [4.78, 5) is 16.0. The minimum atomic E-state index is -0.686. The maximum absolute atomic E-state index is 12.9. The third kappa shape index (κ3) is 2.94. The van der Waals surface area contributed by atoms with Crippen LogP contribution >= 0.6 is 11.3 Å². The van der Waals surface area contributed by atoms with Crippen molar-refractivity contribution in [2.24, 2.45) is 10.8 Å². The van der Waals surface area contributed by atoms with Crippen LogP contribution in [0.5, 0.6) is 0 Å². The van der Waals surface area contributed by atoms with Gasteiger partial charge in [-0.3, -0.25) is 10.2 Å². The van der Waals surface area contributed by atoms with Gasteiger partial charge < -0.3 is 5.73 Å². The van der Waals surface area contributed by atoms with E-state index in [0.29, 0.717) is 10.7 Å². The van der Waals surface area contributed by atoms with Gasteiger partial charge in [0.05, 0.1) is 15.9 Å². The van der Waals surface area contributed by atoms with Gasteiger partial charge in [-0.1, -0.05) is 12.1 Å². The van der Waals surface area contributed by atoms with Gasteiger partial charge in [0.25, 0.3) is 5.91 Å². The Kier molecular flexibility index (Phi) is 3.80. The molecule has 3 N–H and O–H groups in total. The van der Waals surface area contributed by atoms with Crippen molar-refractivity contribution in [2.75, 3.05) is 5.43 Å². The van der Waals surface area contributed by atoms with E-state index in [-0.39, 0.29) is 11.5 Å². The van der Waals surface area contributed by atoms with Crippen LogP contribution in [-0.4, -0.2) is 16.6 Å². The number of nitrogens with zero attached hydrogens (tertiary/aromatic N) is 2. The summed E-state index contributed by atoms with van der Waals surface area (Å²) in [5.41, 5.74) is 9.41. The van der Waals surface area contributed by atoms with Gasteiger partial charge in [-0.2, -0.15) is 5.10 Å². The van der Waals surface area contributed by atoms with Crippen molar-refractivity contribution in [3.8, 4) is 0 Å². The van der Waals surface area contributed by atoms with E-state index >= 15 is 0 Å². The first-order valence-corrected chi connectivity index (χ1v) is 7.20. The van der Waals surface area contributed by atoms with Crippen molar-refractivity contribution in [2.45, 2.75) is 0 Å². The van der Waals surface area contributed by atoms with Gasteiger partial charge in [-0.05, 0) is 36.4 Å². The highest BCUT2D eigenvalue weighted by Crippen LogP contribution is 2.22. The molecule has 0 aliphatic rings. The topological polar surface area (TPSA) is 80.4 Å². The van der Waals surface area contributed by atoms with Crippen LogP contribution in [0.1, 0.15) is 5.01 Å². The number of hydrazone groups is 1. The minimum Gasteiger partial charge on any atom is -0.364 e. The number of halogens is 1. The number of anilines is 1. The molecule has 3 aromatic rings. The largest absolute Gasteiger partial charge is 0.364 e. The third-order valence-corrected chi connectivity index (χ3v) is 3.91. The SMILES string of the molecule is NC(=O)/C(=N/Nc1ccc(F)cc1)c1nc2ccccc2s1. The first-order valence-electron chi connectivity index (χ1n) is 6.38. The lowest BCUT2D eigenvalue weighted by molar-refractivity contribution is -0.111. The molecule has 0 saturated carbocycles. The van der Waals surface area contributed by atoms with Gasteiger partial charge in [0.2, 0.25) is 0 Å². The first-order chi connectivity index (χ1) is 10.6. The number of aromatic nitrogens is 1. The minimum absolute atomic E-state index is 0.0329. The number of rotatable bonds is 4. The number of nitrogens with one attached hydrogen (secondary N) is 1. The van der Waals surface area contributed by atoms with Crippen LogP contribution in [0, 0.1) is 5.82 Å². The molecule has 110 valence electrons. The summed E-state index contributed by atoms with van der Waals surface area (Å²) in [5.74, 6) is -1.04. The first kappa shape index (κ1) is 14.2. The number of primary amides is 1. The number of amides is 1. The van der Waals surface area contributed by atoms with Crippen molar-refractivity contribution >= 4 is 38.9 Å². The lowest BCUT2D eigenvalue weighted by Crippen LogP contribution is -2.25. The van der Waals surface area contributed by atoms with Gasteiger partial charge in [0.1, 0.15) is 5.82 Å². The molecule has 0 aliphatic carbocycles. The fourth-order valence-electron chi connectivity index (χ4n) is 1.83. The lowest BCUT2D eigenvalue weighted by atomic mass is 10.3. The second kappa shape index (κ2) is 5.90. The number of thiazole rings is 1. The van der Waals surface area contributed by atoms with Crippen molar-refractivity contribution < 1.29 is 9.18 Å². The Labute approximate surface area is 129 Å². The number of carbonyl (C=O) groups is 1. The van der Waals surface area contributed by atoms with Crippen LogP contribution in [0.4, 0.5) is 10.1 Å². The molecule has 1 heterocycles. The molecule has 3 rings (SSSR count). The predicted molar refractivity (Wildman–Crippen MR) is 85.4 cm³/mol. The summed E-state index contributed by atoms with van der Waals surface area (Å²) < 4.78 is 13.8. The zero-order valence-corrected chi connectivity index (χ0v) is 12.1. The van der Waals surface area contributed by atoms with Crippen molar-refractivity contribution in [1.82, 2.24) is 4.98 Å². The average Bonchev–Trinajstić information content (AvgIpc) is 2.92. The Morgan fingerprint density at radius 3 is 2.59 bits per heavy atom. The number of nitrogens with two attached hydrogens (primary N) is 1. The zero-order valence-electron chi connectivity index (χ0n) is 11.3. The monoisotopic (exact) mass is 314 g/mol. The molecule has 5 nitrogen and oxygen atoms in total. The van der Waals surface area contributed by atoms with Crippen molar-refractivity contribution in [3.05, 3.63) is 59.4 Å². The number of benzene rings is 2. The Morgan fingerprint density at radius 2 is 1.91 bits per heavy atom. The van der Waals surface area contributed by atoms with Crippen molar-refractivity contribution in [3.63, 3.8) is 0 Å². The molecule has 0 saturated heterocycles. The third-order valence-electron chi connectivity index (χ3n) is 2.87. The standard InChI is InChI=1S/C15H11FN4OS/c16-9-5-7-10(8-6-9)19-20-13(14(17)21)15-18-11-3-1-2-4-12(11)22-15/h1-8,19H,(H2,17,21)/b20-13-. The van der Waals surface area contributed by atoms with Gasteiger partial charge in [0.15, 0.2) is 10.7 Å². The van der Waals surface area contributed by atoms with E-state index < -0.39 is 5.91 Å². The van der Waals surface area contributed by atoms with E-state index in [1.54, 1.807) is 0 Å². The number of fused-ring (bicyclic) bond motifs is 1. The second-order valence-electron chi connectivity index (χ2n) is 4.43. The molecule has 0 unspecified atom stereocenters. The zero-order chi connectivity index (χ0) is 15.5. The van der Waals surface area contributed by atoms with Gasteiger partial charge >= 0.3 is 0 Å². The molecule has 22 heavy (non-hydrogen) atoms. The molecule has 1 amide bonds. The maximum Gasteiger partial charge on any atom is 0.272 e. The molecular weight excluding hydrogens is 303 g/mol. The fourth-order valence-corrected chi connectivity index (χ4v) is 2.79. The molecule has 0 spiro atoms. The summed E-state index contributed by atoms with van der Waals surface area (Å²) in [6.45, 7) is 0. The number of hydrogen-bond acceptors (Lipinski definition) is 5. The molecule has 0 fully saturated rings. The van der Waals surface area contributed by atoms with Gasteiger partial charge in [-0.25, -0.2) is 9.37 Å². The molecule has 7 heteroatoms. The summed E-state index contributed by atoms with van der Waals surface area (Å²) >= 11 is 1.33. The van der Waals surface area contributed by atoms with Crippen LogP contribution in [-0.2, 0) is 4.79 Å². The quantitative estimate of drug-likeness (QED) is 0.574. The van der Waals surface area contributed by atoms with Gasteiger partial charge in [-0.15, -0.1) is 11.3 Å². The summed E-state index contributed by atoms with van der Waals surface area (Å²) in [7, 11) is 0. The molecule has 1 aromatic heterocycles. The summed E-state index contributed by atoms with van der Waals surface area (Å²) in [6.07, 6.45) is 0. The van der Waals surface area contributed by atoms with Crippen molar-refractivity contribution in [1.29, 1.82) is 0 Å². The fraction of sp³-hybridized carbons (Fsp3) is 0. The number of para-hydroxylation sites is 1. The van der Waals surface area contributed by atoms with E-state index in [1.165, 1.54) is 35.6 Å². The van der Waals surface area contributed by atoms with Crippen LogP contribution in [0.2, 0.25) is 0 Å². The maximum atomic E-state index is 12.9. The number of hydrogen-bond donors (Lipinski definition) is 2. The molecule has 0 atom stereocenters. The van der Waals surface area contributed by atoms with Crippen LogP contribution in [0.25, 0.3) is 10.2 Å². The number of carbonyl (C=O) groups excluding carboxylic acids is 1. The van der Waals surface area contributed by atoms with Crippen LogP contribution in [0.3, 0.4) is 0 Å². The summed E-state index contributed by atoms with van der Waals surface area (Å²) in [5, 5.41) is 4.44. The van der Waals surface area contributed by atoms with Crippen LogP contribution in [0.15, 0.2) is 53.6 Å². The Balaban J connectivity index is 1.93. The van der Waals surface area contributed by atoms with E-state index in [2.05, 4.69) is 15.5 Å². The lowest BCUT2D eigenvalue weighted by Gasteiger charge is -2.02. The van der Waals surface area contributed by atoms with E-state index in [1.807, 2.05) is 24.3 Å². The Hall–Kier alpha value is -2.80. The molecule has 0 radical (unpaired) electrons. The predicted octanol–water partition coefficient (Wildman–Crippen LogP) is 2.74. The Bertz CT molecular complexity index is 824. The smallest absolute Gasteiger partial charge is 0.272 e. The highest BCUT2D eigenvalue weighted by Gasteiger charge is 2.16. The summed E-state index contributed by atoms with van der Waals surface area (Å²) in [6, 6.07) is 13.1. The van der Waals surface area contributed by atoms with E-state index in [4.69, 9.17) is 5.73 Å². The average molecular weight is 314 g/mol. The molecular formula is C15H11FN4OS. The molecule has 0 bridgehead atoms.